The van der Waals surface area contributed by atoms with Gasteiger partial charge in [-0.1, -0.05) is 6.58 Å². The van der Waals surface area contributed by atoms with Crippen LogP contribution in [0.4, 0.5) is 5.69 Å². The quantitative estimate of drug-likeness (QED) is 0.184. The first-order valence-corrected chi connectivity index (χ1v) is 8.80. The molecule has 0 unspecified atom stereocenters. The number of hydrogen-bond acceptors (Lipinski definition) is 7. The van der Waals surface area contributed by atoms with E-state index in [9.17, 15) is 19.7 Å². The molecule has 0 radical (unpaired) electrons. The van der Waals surface area contributed by atoms with Crippen LogP contribution in [0, 0.1) is 10.1 Å². The molecule has 0 aromatic heterocycles. The average molecular weight is 394 g/mol. The summed E-state index contributed by atoms with van der Waals surface area (Å²) in [4.78, 5) is 33.0. The number of ether oxygens (including phenoxy) is 2. The molecule has 1 rings (SSSR count). The fourth-order valence-electron chi connectivity index (χ4n) is 2.16. The second kappa shape index (κ2) is 13.1. The Labute approximate surface area is 163 Å². The number of nitrogens with one attached hydrogen (secondary N) is 3. The lowest BCUT2D eigenvalue weighted by molar-refractivity contribution is -0.385. The Morgan fingerprint density at radius 3 is 2.54 bits per heavy atom. The second-order valence-electron chi connectivity index (χ2n) is 5.64. The zero-order chi connectivity index (χ0) is 20.8. The maximum absolute atomic E-state index is 11.8. The zero-order valence-corrected chi connectivity index (χ0v) is 15.9. The first-order chi connectivity index (χ1) is 13.5. The van der Waals surface area contributed by atoms with E-state index in [0.29, 0.717) is 38.3 Å². The number of benzene rings is 1. The van der Waals surface area contributed by atoms with Gasteiger partial charge >= 0.3 is 0 Å². The average Bonchev–Trinajstić information content (AvgIpc) is 2.69. The van der Waals surface area contributed by atoms with E-state index in [4.69, 9.17) is 9.47 Å². The minimum absolute atomic E-state index is 0.0925. The van der Waals surface area contributed by atoms with Gasteiger partial charge in [0.25, 0.3) is 5.69 Å². The van der Waals surface area contributed by atoms with Crippen molar-refractivity contribution in [2.75, 3.05) is 39.9 Å². The second-order valence-corrected chi connectivity index (χ2v) is 5.64. The molecule has 0 aliphatic rings. The van der Waals surface area contributed by atoms with Gasteiger partial charge in [-0.2, -0.15) is 0 Å². The predicted molar refractivity (Wildman–Crippen MR) is 103 cm³/mol. The Hall–Kier alpha value is -3.14. The van der Waals surface area contributed by atoms with Crippen LogP contribution >= 0.6 is 0 Å². The highest BCUT2D eigenvalue weighted by molar-refractivity contribution is 5.86. The normalized spacial score (nSPS) is 10.0. The minimum atomic E-state index is -0.513. The highest BCUT2D eigenvalue weighted by Gasteiger charge is 2.12. The van der Waals surface area contributed by atoms with Gasteiger partial charge in [0.05, 0.1) is 24.7 Å². The third-order valence-electron chi connectivity index (χ3n) is 3.57. The van der Waals surface area contributed by atoms with Crippen molar-refractivity contribution < 1.29 is 24.0 Å². The molecule has 0 aliphatic heterocycles. The molecule has 0 heterocycles. The molecule has 10 heteroatoms. The van der Waals surface area contributed by atoms with Gasteiger partial charge in [0.15, 0.2) is 11.5 Å². The summed E-state index contributed by atoms with van der Waals surface area (Å²) >= 11 is 0. The van der Waals surface area contributed by atoms with E-state index in [2.05, 4.69) is 22.5 Å². The predicted octanol–water partition coefficient (Wildman–Crippen LogP) is 0.770. The lowest BCUT2D eigenvalue weighted by Gasteiger charge is -2.10. The number of nitro benzene ring substituents is 1. The molecule has 1 aromatic carbocycles. The van der Waals surface area contributed by atoms with E-state index in [0.717, 1.165) is 0 Å². The summed E-state index contributed by atoms with van der Waals surface area (Å²) < 4.78 is 10.6. The number of rotatable bonds is 14. The Morgan fingerprint density at radius 2 is 1.89 bits per heavy atom. The SMILES string of the molecule is C=CC(=O)NCCNCCNC(=O)CCCOc1cc([N+](=O)[O-])ccc1OC. The van der Waals surface area contributed by atoms with Crippen molar-refractivity contribution in [3.05, 3.63) is 41.0 Å². The minimum Gasteiger partial charge on any atom is -0.493 e. The van der Waals surface area contributed by atoms with Crippen LogP contribution in [0.15, 0.2) is 30.9 Å². The number of carbonyl (C=O) groups excluding carboxylic acids is 2. The van der Waals surface area contributed by atoms with Crippen molar-refractivity contribution in [3.63, 3.8) is 0 Å². The van der Waals surface area contributed by atoms with Crippen LogP contribution in [0.25, 0.3) is 0 Å². The van der Waals surface area contributed by atoms with Crippen molar-refractivity contribution in [1.82, 2.24) is 16.0 Å². The third-order valence-corrected chi connectivity index (χ3v) is 3.57. The zero-order valence-electron chi connectivity index (χ0n) is 15.9. The van der Waals surface area contributed by atoms with Crippen LogP contribution in [0.2, 0.25) is 0 Å². The van der Waals surface area contributed by atoms with Gasteiger partial charge in [0, 0.05) is 38.7 Å². The topological polar surface area (TPSA) is 132 Å². The Bertz CT molecular complexity index is 680. The first kappa shape index (κ1) is 22.9. The van der Waals surface area contributed by atoms with Crippen LogP contribution in [-0.2, 0) is 9.59 Å². The molecule has 0 aliphatic carbocycles. The number of non-ortho nitro benzene ring substituents is 1. The molecule has 0 saturated heterocycles. The van der Waals surface area contributed by atoms with E-state index in [-0.39, 0.29) is 36.3 Å². The van der Waals surface area contributed by atoms with Crippen molar-refractivity contribution in [2.24, 2.45) is 0 Å². The summed E-state index contributed by atoms with van der Waals surface area (Å²) in [6.45, 7) is 5.70. The largest absolute Gasteiger partial charge is 0.493 e. The Kier molecular flexibility index (Phi) is 10.7. The summed E-state index contributed by atoms with van der Waals surface area (Å²) in [7, 11) is 1.45. The number of methoxy groups -OCH3 is 1. The van der Waals surface area contributed by atoms with Crippen molar-refractivity contribution in [3.8, 4) is 11.5 Å². The fraction of sp³-hybridized carbons (Fsp3) is 0.444. The van der Waals surface area contributed by atoms with Crippen LogP contribution in [0.3, 0.4) is 0 Å². The van der Waals surface area contributed by atoms with Crippen LogP contribution in [-0.4, -0.2) is 56.6 Å². The number of amides is 2. The number of nitrogens with zero attached hydrogens (tertiary/aromatic N) is 1. The highest BCUT2D eigenvalue weighted by Crippen LogP contribution is 2.31. The van der Waals surface area contributed by atoms with E-state index in [1.54, 1.807) is 0 Å². The molecule has 0 atom stereocenters. The van der Waals surface area contributed by atoms with Gasteiger partial charge in [-0.25, -0.2) is 0 Å². The number of carbonyl (C=O) groups is 2. The van der Waals surface area contributed by atoms with Gasteiger partial charge in [-0.15, -0.1) is 0 Å². The molecule has 0 saturated carbocycles. The summed E-state index contributed by atoms with van der Waals surface area (Å²) in [6.07, 6.45) is 1.93. The first-order valence-electron chi connectivity index (χ1n) is 8.80. The summed E-state index contributed by atoms with van der Waals surface area (Å²) in [6, 6.07) is 4.10. The maximum atomic E-state index is 11.8. The van der Waals surface area contributed by atoms with Gasteiger partial charge in [0.1, 0.15) is 0 Å². The summed E-state index contributed by atoms with van der Waals surface area (Å²) in [5.41, 5.74) is -0.0925. The van der Waals surface area contributed by atoms with Gasteiger partial charge in [0.2, 0.25) is 11.8 Å². The summed E-state index contributed by atoms with van der Waals surface area (Å²) in [5.74, 6) is 0.326. The molecule has 1 aromatic rings. The lowest BCUT2D eigenvalue weighted by atomic mass is 10.2. The Morgan fingerprint density at radius 1 is 1.18 bits per heavy atom. The van der Waals surface area contributed by atoms with Gasteiger partial charge in [-0.05, 0) is 18.6 Å². The molecule has 0 fully saturated rings. The molecule has 28 heavy (non-hydrogen) atoms. The van der Waals surface area contributed by atoms with Crippen LogP contribution in [0.1, 0.15) is 12.8 Å². The molecule has 0 spiro atoms. The number of nitro groups is 1. The molecular weight excluding hydrogens is 368 g/mol. The molecular formula is C18H26N4O6. The van der Waals surface area contributed by atoms with E-state index < -0.39 is 4.92 Å². The highest BCUT2D eigenvalue weighted by atomic mass is 16.6. The monoisotopic (exact) mass is 394 g/mol. The maximum Gasteiger partial charge on any atom is 0.273 e. The molecule has 3 N–H and O–H groups in total. The molecule has 0 bridgehead atoms. The van der Waals surface area contributed by atoms with Gasteiger partial charge < -0.3 is 25.4 Å². The smallest absolute Gasteiger partial charge is 0.273 e. The third kappa shape index (κ3) is 8.99. The summed E-state index contributed by atoms with van der Waals surface area (Å²) in [5, 5.41) is 19.3. The molecule has 154 valence electrons. The number of hydrogen-bond donors (Lipinski definition) is 3. The molecule has 2 amide bonds. The fourth-order valence-corrected chi connectivity index (χ4v) is 2.16. The Balaban J connectivity index is 2.17. The van der Waals surface area contributed by atoms with E-state index >= 15 is 0 Å². The van der Waals surface area contributed by atoms with Crippen LogP contribution in [0.5, 0.6) is 11.5 Å². The van der Waals surface area contributed by atoms with E-state index in [1.807, 2.05) is 0 Å². The van der Waals surface area contributed by atoms with Crippen molar-refractivity contribution in [2.45, 2.75) is 12.8 Å². The standard InChI is InChI=1S/C18H26N4O6/c1-3-17(23)20-10-8-19-9-11-21-18(24)5-4-12-28-16-13-14(22(25)26)6-7-15(16)27-2/h3,6-7,13,19H,1,4-5,8-12H2,2H3,(H,20,23)(H,21,24). The van der Waals surface area contributed by atoms with Crippen molar-refractivity contribution in [1.29, 1.82) is 0 Å². The van der Waals surface area contributed by atoms with Crippen molar-refractivity contribution >= 4 is 17.5 Å². The van der Waals surface area contributed by atoms with E-state index in [1.165, 1.54) is 31.4 Å². The lowest BCUT2D eigenvalue weighted by Crippen LogP contribution is -2.36. The van der Waals surface area contributed by atoms with Crippen LogP contribution < -0.4 is 25.4 Å². The molecule has 10 nitrogen and oxygen atoms in total. The van der Waals surface area contributed by atoms with Gasteiger partial charge in [-0.3, -0.25) is 19.7 Å².